The van der Waals surface area contributed by atoms with Gasteiger partial charge in [0.15, 0.2) is 0 Å². The summed E-state index contributed by atoms with van der Waals surface area (Å²) in [4.78, 5) is 18.5. The summed E-state index contributed by atoms with van der Waals surface area (Å²) in [6.07, 6.45) is -0.366. The first-order valence-corrected chi connectivity index (χ1v) is 8.26. The van der Waals surface area contributed by atoms with E-state index in [0.717, 1.165) is 5.69 Å². The zero-order valence-electron chi connectivity index (χ0n) is 13.7. The van der Waals surface area contributed by atoms with Gasteiger partial charge in [-0.2, -0.15) is 0 Å². The van der Waals surface area contributed by atoms with Crippen molar-refractivity contribution in [2.75, 3.05) is 6.61 Å². The summed E-state index contributed by atoms with van der Waals surface area (Å²) in [6, 6.07) is -0.308. The lowest BCUT2D eigenvalue weighted by Crippen LogP contribution is -2.51. The van der Waals surface area contributed by atoms with Crippen molar-refractivity contribution in [3.8, 4) is 0 Å². The fourth-order valence-electron chi connectivity index (χ4n) is 2.67. The average molecular weight is 328 g/mol. The Morgan fingerprint density at radius 3 is 2.73 bits per heavy atom. The van der Waals surface area contributed by atoms with E-state index in [1.54, 1.807) is 24.3 Å². The second-order valence-corrected chi connectivity index (χ2v) is 7.61. The zero-order chi connectivity index (χ0) is 16.5. The van der Waals surface area contributed by atoms with Crippen LogP contribution < -0.4 is 0 Å². The molecule has 0 bridgehead atoms. The third-order valence-corrected chi connectivity index (χ3v) is 4.09. The van der Waals surface area contributed by atoms with Crippen LogP contribution in [-0.2, 0) is 15.9 Å². The SMILES string of the molecule is CC(C)(C)OC(=O)N1[C@@H](Cc2cscn2)[C@@H](CO)OC1(C)C. The van der Waals surface area contributed by atoms with Gasteiger partial charge in [-0.1, -0.05) is 0 Å². The van der Waals surface area contributed by atoms with Crippen molar-refractivity contribution in [2.24, 2.45) is 0 Å². The molecule has 124 valence electrons. The van der Waals surface area contributed by atoms with Crippen LogP contribution in [0, 0.1) is 0 Å². The summed E-state index contributed by atoms with van der Waals surface area (Å²) in [6.45, 7) is 8.94. The van der Waals surface area contributed by atoms with E-state index < -0.39 is 23.5 Å². The lowest BCUT2D eigenvalue weighted by atomic mass is 10.1. The van der Waals surface area contributed by atoms with Crippen molar-refractivity contribution < 1.29 is 19.4 Å². The molecule has 1 fully saturated rings. The van der Waals surface area contributed by atoms with Crippen molar-refractivity contribution in [1.29, 1.82) is 0 Å². The highest BCUT2D eigenvalue weighted by Gasteiger charge is 2.51. The van der Waals surface area contributed by atoms with Crippen LogP contribution in [0.1, 0.15) is 40.3 Å². The normalized spacial score (nSPS) is 24.5. The second kappa shape index (κ2) is 6.14. The van der Waals surface area contributed by atoms with Crippen LogP contribution in [0.25, 0.3) is 0 Å². The van der Waals surface area contributed by atoms with Crippen LogP contribution in [0.3, 0.4) is 0 Å². The maximum Gasteiger partial charge on any atom is 0.412 e. The molecule has 2 atom stereocenters. The summed E-state index contributed by atoms with van der Waals surface area (Å²) in [5.41, 5.74) is 1.21. The number of aliphatic hydroxyl groups is 1. The van der Waals surface area contributed by atoms with E-state index in [2.05, 4.69) is 4.98 Å². The van der Waals surface area contributed by atoms with Gasteiger partial charge in [0.05, 0.1) is 23.9 Å². The minimum Gasteiger partial charge on any atom is -0.444 e. The number of amides is 1. The zero-order valence-corrected chi connectivity index (χ0v) is 14.5. The number of hydrogen-bond acceptors (Lipinski definition) is 6. The Kier molecular flexibility index (Phi) is 4.79. The van der Waals surface area contributed by atoms with Gasteiger partial charge < -0.3 is 14.6 Å². The molecule has 1 saturated heterocycles. The predicted molar refractivity (Wildman–Crippen MR) is 83.7 cm³/mol. The topological polar surface area (TPSA) is 71.9 Å². The molecule has 6 nitrogen and oxygen atoms in total. The maximum absolute atomic E-state index is 12.6. The Hall–Kier alpha value is -1.18. The maximum atomic E-state index is 12.6. The third-order valence-electron chi connectivity index (χ3n) is 3.45. The Morgan fingerprint density at radius 1 is 1.55 bits per heavy atom. The quantitative estimate of drug-likeness (QED) is 0.922. The number of aliphatic hydroxyl groups excluding tert-OH is 1. The molecule has 2 heterocycles. The Labute approximate surface area is 135 Å². The molecule has 0 radical (unpaired) electrons. The first-order valence-electron chi connectivity index (χ1n) is 7.32. The van der Waals surface area contributed by atoms with Gasteiger partial charge in [-0.3, -0.25) is 4.90 Å². The van der Waals surface area contributed by atoms with E-state index in [4.69, 9.17) is 9.47 Å². The predicted octanol–water partition coefficient (Wildman–Crippen LogP) is 2.42. The number of rotatable bonds is 3. The van der Waals surface area contributed by atoms with E-state index in [1.807, 2.05) is 26.2 Å². The molecule has 0 aliphatic carbocycles. The van der Waals surface area contributed by atoms with Crippen LogP contribution in [0.5, 0.6) is 0 Å². The van der Waals surface area contributed by atoms with Gasteiger partial charge in [-0.15, -0.1) is 11.3 Å². The second-order valence-electron chi connectivity index (χ2n) is 6.89. The number of carbonyl (C=O) groups excluding carboxylic acids is 1. The van der Waals surface area contributed by atoms with Gasteiger partial charge in [0.2, 0.25) is 0 Å². The molecule has 1 aliphatic rings. The molecule has 22 heavy (non-hydrogen) atoms. The molecule has 2 rings (SSSR count). The Bertz CT molecular complexity index is 510. The van der Waals surface area contributed by atoms with Crippen molar-refractivity contribution in [1.82, 2.24) is 9.88 Å². The molecule has 0 aromatic carbocycles. The summed E-state index contributed by atoms with van der Waals surface area (Å²) in [5.74, 6) is 0. The molecule has 1 aromatic rings. The fourth-order valence-corrected chi connectivity index (χ4v) is 3.24. The number of hydrogen-bond donors (Lipinski definition) is 1. The number of ether oxygens (including phenoxy) is 2. The monoisotopic (exact) mass is 328 g/mol. The van der Waals surface area contributed by atoms with Crippen LogP contribution in [-0.4, -0.2) is 51.2 Å². The van der Waals surface area contributed by atoms with Gasteiger partial charge in [0, 0.05) is 11.8 Å². The third kappa shape index (κ3) is 3.77. The molecule has 0 saturated carbocycles. The van der Waals surface area contributed by atoms with E-state index in [-0.39, 0.29) is 12.6 Å². The van der Waals surface area contributed by atoms with E-state index in [1.165, 1.54) is 11.3 Å². The van der Waals surface area contributed by atoms with Crippen molar-refractivity contribution in [3.05, 3.63) is 16.6 Å². The first-order chi connectivity index (χ1) is 10.1. The largest absolute Gasteiger partial charge is 0.444 e. The van der Waals surface area contributed by atoms with Crippen LogP contribution in [0.2, 0.25) is 0 Å². The molecular weight excluding hydrogens is 304 g/mol. The van der Waals surface area contributed by atoms with Gasteiger partial charge in [-0.25, -0.2) is 9.78 Å². The van der Waals surface area contributed by atoms with E-state index >= 15 is 0 Å². The summed E-state index contributed by atoms with van der Waals surface area (Å²) >= 11 is 1.50. The molecule has 1 aliphatic heterocycles. The highest BCUT2D eigenvalue weighted by atomic mass is 32.1. The standard InChI is InChI=1S/C15H24N2O4S/c1-14(2,3)21-13(19)17-11(6-10-8-22-9-16-10)12(7-18)20-15(17,4)5/h8-9,11-12,18H,6-7H2,1-5H3/t11-,12+/m0/s1. The molecule has 0 spiro atoms. The smallest absolute Gasteiger partial charge is 0.412 e. The summed E-state index contributed by atoms with van der Waals surface area (Å²) < 4.78 is 11.4. The number of thiazole rings is 1. The van der Waals surface area contributed by atoms with E-state index in [9.17, 15) is 9.90 Å². The molecular formula is C15H24N2O4S. The lowest BCUT2D eigenvalue weighted by molar-refractivity contribution is -0.0866. The molecule has 1 N–H and O–H groups in total. The summed E-state index contributed by atoms with van der Waals surface area (Å²) in [7, 11) is 0. The van der Waals surface area contributed by atoms with Crippen LogP contribution >= 0.6 is 11.3 Å². The Balaban J connectivity index is 2.26. The van der Waals surface area contributed by atoms with Crippen LogP contribution in [0.4, 0.5) is 4.79 Å². The molecule has 7 heteroatoms. The number of nitrogens with zero attached hydrogens (tertiary/aromatic N) is 2. The molecule has 1 aromatic heterocycles. The number of aromatic nitrogens is 1. The number of carbonyl (C=O) groups is 1. The van der Waals surface area contributed by atoms with Gasteiger partial charge >= 0.3 is 6.09 Å². The highest BCUT2D eigenvalue weighted by Crippen LogP contribution is 2.35. The minimum atomic E-state index is -0.837. The van der Waals surface area contributed by atoms with Crippen molar-refractivity contribution in [3.63, 3.8) is 0 Å². The van der Waals surface area contributed by atoms with Crippen LogP contribution in [0.15, 0.2) is 10.9 Å². The molecule has 0 unspecified atom stereocenters. The van der Waals surface area contributed by atoms with Gasteiger partial charge in [-0.05, 0) is 34.6 Å². The summed E-state index contributed by atoms with van der Waals surface area (Å²) in [5, 5.41) is 11.5. The first kappa shape index (κ1) is 17.2. The fraction of sp³-hybridized carbons (Fsp3) is 0.733. The average Bonchev–Trinajstić information content (AvgIpc) is 2.93. The van der Waals surface area contributed by atoms with Crippen molar-refractivity contribution >= 4 is 17.4 Å². The Morgan fingerprint density at radius 2 is 2.23 bits per heavy atom. The van der Waals surface area contributed by atoms with Gasteiger partial charge in [0.25, 0.3) is 0 Å². The lowest BCUT2D eigenvalue weighted by Gasteiger charge is -2.35. The van der Waals surface area contributed by atoms with Gasteiger partial charge in [0.1, 0.15) is 17.4 Å². The molecule has 1 amide bonds. The van der Waals surface area contributed by atoms with E-state index in [0.29, 0.717) is 6.42 Å². The highest BCUT2D eigenvalue weighted by molar-refractivity contribution is 7.07. The minimum absolute atomic E-state index is 0.155. The van der Waals surface area contributed by atoms with Crippen molar-refractivity contribution in [2.45, 2.75) is 64.5 Å².